The van der Waals surface area contributed by atoms with E-state index in [9.17, 15) is 0 Å². The lowest BCUT2D eigenvalue weighted by Gasteiger charge is -2.34. The molecule has 4 heteroatoms. The van der Waals surface area contributed by atoms with Gasteiger partial charge in [0.15, 0.2) is 0 Å². The molecule has 0 spiro atoms. The van der Waals surface area contributed by atoms with E-state index in [1.54, 1.807) is 0 Å². The molecule has 1 heterocycles. The summed E-state index contributed by atoms with van der Waals surface area (Å²) in [7, 11) is 0. The third-order valence-corrected chi connectivity index (χ3v) is 2.45. The van der Waals surface area contributed by atoms with E-state index in [1.807, 2.05) is 0 Å². The second-order valence-corrected chi connectivity index (χ2v) is 3.52. The van der Waals surface area contributed by atoms with Gasteiger partial charge in [-0.25, -0.2) is 5.43 Å². The Kier molecular flexibility index (Phi) is 4.91. The largest absolute Gasteiger partial charge is 0.373 e. The molecule has 0 saturated carbocycles. The molecule has 1 fully saturated rings. The number of nitrogens with two attached hydrogens (primary N) is 1. The molecule has 0 bridgehead atoms. The van der Waals surface area contributed by atoms with Crippen molar-refractivity contribution in [1.82, 2.24) is 10.3 Å². The summed E-state index contributed by atoms with van der Waals surface area (Å²) in [6.07, 6.45) is 6.52. The third-order valence-electron chi connectivity index (χ3n) is 2.45. The maximum absolute atomic E-state index is 5.57. The fraction of sp³-hybridized carbons (Fsp3) is 0.800. The first-order valence-electron chi connectivity index (χ1n) is 5.08. The Labute approximate surface area is 85.8 Å². The number of terminal acetylenes is 1. The molecule has 0 aromatic heterocycles. The highest BCUT2D eigenvalue weighted by atomic mass is 16.5. The van der Waals surface area contributed by atoms with E-state index in [0.29, 0.717) is 0 Å². The summed E-state index contributed by atoms with van der Waals surface area (Å²) in [5.74, 6) is 7.94. The molecular weight excluding hydrogens is 178 g/mol. The van der Waals surface area contributed by atoms with Gasteiger partial charge in [-0.05, 0) is 13.0 Å². The molecule has 80 valence electrons. The van der Waals surface area contributed by atoms with Crippen molar-refractivity contribution < 1.29 is 4.74 Å². The van der Waals surface area contributed by atoms with E-state index >= 15 is 0 Å². The van der Waals surface area contributed by atoms with Crippen LogP contribution >= 0.6 is 0 Å². The molecule has 1 rings (SSSR count). The van der Waals surface area contributed by atoms with E-state index < -0.39 is 0 Å². The first-order chi connectivity index (χ1) is 6.81. The Bertz CT molecular complexity index is 200. The molecular formula is C10H19N3O. The number of hydrogen-bond acceptors (Lipinski definition) is 4. The lowest BCUT2D eigenvalue weighted by Crippen LogP contribution is -2.53. The summed E-state index contributed by atoms with van der Waals surface area (Å²) in [5, 5.41) is 0. The predicted molar refractivity (Wildman–Crippen MR) is 56.4 cm³/mol. The quantitative estimate of drug-likeness (QED) is 0.364. The summed E-state index contributed by atoms with van der Waals surface area (Å²) >= 11 is 0. The number of hydrazine groups is 1. The number of rotatable bonds is 4. The minimum atomic E-state index is -0.186. The van der Waals surface area contributed by atoms with Crippen molar-refractivity contribution in [3.8, 4) is 12.3 Å². The van der Waals surface area contributed by atoms with Crippen LogP contribution in [-0.2, 0) is 4.74 Å². The first kappa shape index (κ1) is 11.5. The fourth-order valence-electron chi connectivity index (χ4n) is 1.72. The van der Waals surface area contributed by atoms with Gasteiger partial charge >= 0.3 is 0 Å². The topological polar surface area (TPSA) is 50.5 Å². The summed E-state index contributed by atoms with van der Waals surface area (Å²) in [6.45, 7) is 5.87. The average molecular weight is 197 g/mol. The van der Waals surface area contributed by atoms with Gasteiger partial charge in [-0.1, -0.05) is 12.8 Å². The van der Waals surface area contributed by atoms with Gasteiger partial charge in [0, 0.05) is 13.1 Å². The zero-order valence-electron chi connectivity index (χ0n) is 8.70. The molecule has 3 N–H and O–H groups in total. The number of ether oxygens (including phenoxy) is 1. The van der Waals surface area contributed by atoms with Crippen LogP contribution in [0.5, 0.6) is 0 Å². The third kappa shape index (κ3) is 2.96. The van der Waals surface area contributed by atoms with Crippen LogP contribution in [0.3, 0.4) is 0 Å². The SMILES string of the molecule is C#CC(NN)C1CN(CCC)CCO1. The van der Waals surface area contributed by atoms with Gasteiger partial charge in [0.05, 0.1) is 12.7 Å². The van der Waals surface area contributed by atoms with Crippen LogP contribution in [0.15, 0.2) is 0 Å². The van der Waals surface area contributed by atoms with E-state index in [1.165, 1.54) is 0 Å². The lowest BCUT2D eigenvalue weighted by atomic mass is 10.1. The summed E-state index contributed by atoms with van der Waals surface area (Å²) in [4.78, 5) is 2.36. The van der Waals surface area contributed by atoms with Gasteiger partial charge in [0.2, 0.25) is 0 Å². The summed E-state index contributed by atoms with van der Waals surface area (Å²) < 4.78 is 5.57. The first-order valence-corrected chi connectivity index (χ1v) is 5.08. The predicted octanol–water partition coefficient (Wildman–Crippen LogP) is -0.438. The monoisotopic (exact) mass is 197 g/mol. The van der Waals surface area contributed by atoms with Crippen molar-refractivity contribution in [3.05, 3.63) is 0 Å². The van der Waals surface area contributed by atoms with Crippen molar-refractivity contribution in [1.29, 1.82) is 0 Å². The van der Waals surface area contributed by atoms with Gasteiger partial charge < -0.3 is 4.74 Å². The summed E-state index contributed by atoms with van der Waals surface area (Å²) in [6, 6.07) is -0.186. The minimum Gasteiger partial charge on any atom is -0.373 e. The highest BCUT2D eigenvalue weighted by molar-refractivity contribution is 5.03. The highest BCUT2D eigenvalue weighted by Gasteiger charge is 2.25. The Morgan fingerprint density at radius 3 is 3.14 bits per heavy atom. The Balaban J connectivity index is 2.43. The Morgan fingerprint density at radius 2 is 2.57 bits per heavy atom. The second kappa shape index (κ2) is 5.99. The Hall–Kier alpha value is -0.600. The molecule has 4 nitrogen and oxygen atoms in total. The van der Waals surface area contributed by atoms with Gasteiger partial charge in [-0.3, -0.25) is 10.7 Å². The maximum Gasteiger partial charge on any atom is 0.109 e. The zero-order chi connectivity index (χ0) is 10.4. The van der Waals surface area contributed by atoms with Crippen LogP contribution in [0.1, 0.15) is 13.3 Å². The summed E-state index contributed by atoms with van der Waals surface area (Å²) in [5.41, 5.74) is 2.60. The van der Waals surface area contributed by atoms with Crippen molar-refractivity contribution in [2.75, 3.05) is 26.2 Å². The maximum atomic E-state index is 5.57. The second-order valence-electron chi connectivity index (χ2n) is 3.52. The molecule has 2 atom stereocenters. The molecule has 1 aliphatic heterocycles. The van der Waals surface area contributed by atoms with Crippen molar-refractivity contribution in [2.45, 2.75) is 25.5 Å². The molecule has 2 unspecified atom stereocenters. The number of nitrogens with one attached hydrogen (secondary N) is 1. The molecule has 1 saturated heterocycles. The Morgan fingerprint density at radius 1 is 1.79 bits per heavy atom. The van der Waals surface area contributed by atoms with Crippen LogP contribution in [0.4, 0.5) is 0 Å². The number of morpholine rings is 1. The smallest absolute Gasteiger partial charge is 0.109 e. The normalized spacial score (nSPS) is 25.6. The highest BCUT2D eigenvalue weighted by Crippen LogP contribution is 2.08. The molecule has 0 amide bonds. The molecule has 0 radical (unpaired) electrons. The average Bonchev–Trinajstić information content (AvgIpc) is 2.21. The van der Waals surface area contributed by atoms with Gasteiger partial charge in [-0.2, -0.15) is 0 Å². The number of nitrogens with zero attached hydrogens (tertiary/aromatic N) is 1. The van der Waals surface area contributed by atoms with Crippen LogP contribution in [0.2, 0.25) is 0 Å². The minimum absolute atomic E-state index is 0.0188. The van der Waals surface area contributed by atoms with Crippen LogP contribution in [0, 0.1) is 12.3 Å². The van der Waals surface area contributed by atoms with Crippen LogP contribution < -0.4 is 11.3 Å². The van der Waals surface area contributed by atoms with E-state index in [-0.39, 0.29) is 12.1 Å². The molecule has 1 aliphatic rings. The molecule has 0 aliphatic carbocycles. The lowest BCUT2D eigenvalue weighted by molar-refractivity contribution is -0.0372. The molecule has 14 heavy (non-hydrogen) atoms. The zero-order valence-corrected chi connectivity index (χ0v) is 8.70. The van der Waals surface area contributed by atoms with Crippen molar-refractivity contribution >= 4 is 0 Å². The fourth-order valence-corrected chi connectivity index (χ4v) is 1.72. The van der Waals surface area contributed by atoms with Crippen LogP contribution in [-0.4, -0.2) is 43.3 Å². The van der Waals surface area contributed by atoms with Crippen LogP contribution in [0.25, 0.3) is 0 Å². The van der Waals surface area contributed by atoms with E-state index in [2.05, 4.69) is 23.2 Å². The standard InChI is InChI=1S/C10H19N3O/c1-3-5-13-6-7-14-10(8-13)9(4-2)12-11/h2,9-10,12H,3,5-8,11H2,1H3. The van der Waals surface area contributed by atoms with Crippen molar-refractivity contribution in [3.63, 3.8) is 0 Å². The number of hydrogen-bond donors (Lipinski definition) is 2. The van der Waals surface area contributed by atoms with E-state index in [0.717, 1.165) is 32.7 Å². The van der Waals surface area contributed by atoms with Crippen molar-refractivity contribution in [2.24, 2.45) is 5.84 Å². The van der Waals surface area contributed by atoms with Gasteiger partial charge in [0.1, 0.15) is 6.04 Å². The van der Waals surface area contributed by atoms with Gasteiger partial charge in [-0.15, -0.1) is 6.42 Å². The van der Waals surface area contributed by atoms with Gasteiger partial charge in [0.25, 0.3) is 0 Å². The molecule has 0 aromatic rings. The van der Waals surface area contributed by atoms with E-state index in [4.69, 9.17) is 17.0 Å². The molecule has 0 aromatic carbocycles.